The van der Waals surface area contributed by atoms with Gasteiger partial charge in [0.15, 0.2) is 5.82 Å². The molecule has 4 aromatic rings. The molecule has 12 heteroatoms. The van der Waals surface area contributed by atoms with E-state index in [1.165, 1.54) is 12.1 Å². The number of ether oxygens (including phenoxy) is 3. The number of hydrogen-bond acceptors (Lipinski definition) is 9. The first-order chi connectivity index (χ1) is 21.9. The Labute approximate surface area is 276 Å². The summed E-state index contributed by atoms with van der Waals surface area (Å²) in [6.45, 7) is 5.89. The summed E-state index contributed by atoms with van der Waals surface area (Å²) < 4.78 is 16.3. The maximum atomic E-state index is 13.9. The van der Waals surface area contributed by atoms with Gasteiger partial charge in [0, 0.05) is 17.3 Å². The van der Waals surface area contributed by atoms with Gasteiger partial charge in [-0.2, -0.15) is 5.26 Å². The lowest BCUT2D eigenvalue weighted by atomic mass is 10.1. The van der Waals surface area contributed by atoms with E-state index in [1.807, 2.05) is 32.9 Å². The number of anilines is 2. The van der Waals surface area contributed by atoms with Crippen LogP contribution >= 0.6 is 23.2 Å². The number of aromatic nitrogens is 2. The molecule has 0 unspecified atom stereocenters. The zero-order valence-electron chi connectivity index (χ0n) is 25.9. The fourth-order valence-corrected chi connectivity index (χ4v) is 5.67. The zero-order chi connectivity index (χ0) is 33.2. The summed E-state index contributed by atoms with van der Waals surface area (Å²) in [5.74, 6) is 1.05. The Morgan fingerprint density at radius 2 is 1.70 bits per heavy atom. The molecule has 0 saturated heterocycles. The van der Waals surface area contributed by atoms with E-state index < -0.39 is 5.60 Å². The van der Waals surface area contributed by atoms with Crippen molar-refractivity contribution in [2.24, 2.45) is 0 Å². The number of nitrogens with one attached hydrogen (secondary N) is 1. The van der Waals surface area contributed by atoms with Gasteiger partial charge in [0.05, 0.1) is 66.7 Å². The molecule has 0 spiro atoms. The van der Waals surface area contributed by atoms with Crippen LogP contribution in [0.15, 0.2) is 54.6 Å². The zero-order valence-corrected chi connectivity index (χ0v) is 27.4. The van der Waals surface area contributed by atoms with Gasteiger partial charge >= 0.3 is 5.97 Å². The first-order valence-electron chi connectivity index (χ1n) is 14.3. The van der Waals surface area contributed by atoms with Gasteiger partial charge in [0.1, 0.15) is 28.5 Å². The lowest BCUT2D eigenvalue weighted by molar-refractivity contribution is -0.153. The molecule has 3 aromatic carbocycles. The van der Waals surface area contributed by atoms with Gasteiger partial charge in [-0.05, 0) is 62.7 Å². The molecule has 0 aliphatic carbocycles. The molecular formula is C34H31Cl2N5O5. The van der Waals surface area contributed by atoms with Crippen molar-refractivity contribution in [1.29, 1.82) is 5.26 Å². The molecule has 1 N–H and O–H groups in total. The molecule has 2 heterocycles. The Kier molecular flexibility index (Phi) is 9.37. The van der Waals surface area contributed by atoms with Crippen molar-refractivity contribution in [1.82, 2.24) is 14.9 Å². The van der Waals surface area contributed by atoms with Crippen molar-refractivity contribution in [2.75, 3.05) is 19.5 Å². The molecular weight excluding hydrogens is 629 g/mol. The lowest BCUT2D eigenvalue weighted by Gasteiger charge is -2.19. The number of halogens is 2. The number of fused-ring (bicyclic) bond motifs is 1. The summed E-state index contributed by atoms with van der Waals surface area (Å²) >= 11 is 13.1. The van der Waals surface area contributed by atoms with E-state index in [9.17, 15) is 14.9 Å². The number of nitrogens with zero attached hydrogens (tertiary/aromatic N) is 4. The summed E-state index contributed by atoms with van der Waals surface area (Å²) in [5.41, 5.74) is 3.00. The number of rotatable bonds is 9. The summed E-state index contributed by atoms with van der Waals surface area (Å²) in [7, 11) is 3.13. The highest BCUT2D eigenvalue weighted by atomic mass is 35.5. The number of nitriles is 1. The van der Waals surface area contributed by atoms with Crippen LogP contribution < -0.4 is 14.8 Å². The van der Waals surface area contributed by atoms with Crippen LogP contribution in [0, 0.1) is 11.3 Å². The SMILES string of the molecule is COc1ccc(CN2Cc3nc(-c4c(Cl)cc(C#N)cc4Cl)nc(Nc4ccc(CC(=O)OC(C)(C)C)cc4)c3C2=O)c(OC)c1. The highest BCUT2D eigenvalue weighted by Crippen LogP contribution is 2.38. The van der Waals surface area contributed by atoms with Gasteiger partial charge in [-0.1, -0.05) is 35.3 Å². The normalized spacial score (nSPS) is 12.4. The van der Waals surface area contributed by atoms with E-state index >= 15 is 0 Å². The Morgan fingerprint density at radius 3 is 2.30 bits per heavy atom. The number of methoxy groups -OCH3 is 2. The minimum atomic E-state index is -0.580. The first-order valence-corrected chi connectivity index (χ1v) is 15.0. The quantitative estimate of drug-likeness (QED) is 0.187. The number of amides is 1. The molecule has 0 bridgehead atoms. The topological polar surface area (TPSA) is 127 Å². The molecule has 236 valence electrons. The maximum Gasteiger partial charge on any atom is 0.310 e. The van der Waals surface area contributed by atoms with Gasteiger partial charge in [-0.15, -0.1) is 0 Å². The van der Waals surface area contributed by atoms with E-state index in [-0.39, 0.29) is 53.1 Å². The average molecular weight is 661 g/mol. The molecule has 1 aromatic heterocycles. The number of carbonyl (C=O) groups excluding carboxylic acids is 2. The van der Waals surface area contributed by atoms with E-state index in [2.05, 4.69) is 5.32 Å². The van der Waals surface area contributed by atoms with E-state index in [0.29, 0.717) is 39.6 Å². The molecule has 5 rings (SSSR count). The smallest absolute Gasteiger partial charge is 0.310 e. The second kappa shape index (κ2) is 13.3. The molecule has 0 fully saturated rings. The van der Waals surface area contributed by atoms with Crippen molar-refractivity contribution in [3.63, 3.8) is 0 Å². The standard InChI is InChI=1S/C34H31Cl2N5O5/c1-34(2,3)46-28(42)14-19-6-9-22(10-7-19)38-32-30-26(39-31(40-32)29-24(35)12-20(16-37)13-25(29)36)18-41(33(30)43)17-21-8-11-23(44-4)15-27(21)45-5/h6-13,15H,14,17-18H2,1-5H3,(H,38,39,40). The summed E-state index contributed by atoms with van der Waals surface area (Å²) in [6.07, 6.45) is 0.114. The third kappa shape index (κ3) is 7.17. The predicted octanol–water partition coefficient (Wildman–Crippen LogP) is 7.12. The summed E-state index contributed by atoms with van der Waals surface area (Å²) in [4.78, 5) is 37.3. The van der Waals surface area contributed by atoms with Crippen LogP contribution in [0.25, 0.3) is 11.4 Å². The minimum Gasteiger partial charge on any atom is -0.497 e. The van der Waals surface area contributed by atoms with Crippen molar-refractivity contribution >= 4 is 46.6 Å². The van der Waals surface area contributed by atoms with Crippen molar-refractivity contribution in [3.8, 4) is 29.0 Å². The Hall–Kier alpha value is -4.85. The van der Waals surface area contributed by atoms with Gasteiger partial charge in [0.25, 0.3) is 5.91 Å². The van der Waals surface area contributed by atoms with Crippen molar-refractivity contribution in [2.45, 2.75) is 45.9 Å². The second-order valence-electron chi connectivity index (χ2n) is 11.6. The average Bonchev–Trinajstić information content (AvgIpc) is 3.31. The first kappa shape index (κ1) is 32.5. The summed E-state index contributed by atoms with van der Waals surface area (Å²) in [6, 6.07) is 17.6. The molecule has 10 nitrogen and oxygen atoms in total. The summed E-state index contributed by atoms with van der Waals surface area (Å²) in [5, 5.41) is 13.0. The van der Waals surface area contributed by atoms with Crippen LogP contribution in [0.2, 0.25) is 10.0 Å². The minimum absolute atomic E-state index is 0.114. The van der Waals surface area contributed by atoms with Crippen LogP contribution in [0.3, 0.4) is 0 Å². The molecule has 0 radical (unpaired) electrons. The number of carbonyl (C=O) groups is 2. The largest absolute Gasteiger partial charge is 0.497 e. The van der Waals surface area contributed by atoms with Crippen LogP contribution in [0.5, 0.6) is 11.5 Å². The number of esters is 1. The van der Waals surface area contributed by atoms with Crippen LogP contribution in [-0.2, 0) is 29.0 Å². The third-order valence-corrected chi connectivity index (χ3v) is 7.66. The van der Waals surface area contributed by atoms with Gasteiger partial charge in [0.2, 0.25) is 0 Å². The van der Waals surface area contributed by atoms with Crippen LogP contribution in [-0.4, -0.2) is 46.6 Å². The fraction of sp³-hybridized carbons (Fsp3) is 0.265. The monoisotopic (exact) mass is 659 g/mol. The lowest BCUT2D eigenvalue weighted by Crippen LogP contribution is -2.24. The van der Waals surface area contributed by atoms with E-state index in [1.54, 1.807) is 55.5 Å². The predicted molar refractivity (Wildman–Crippen MR) is 175 cm³/mol. The Bertz CT molecular complexity index is 1840. The van der Waals surface area contributed by atoms with E-state index in [4.69, 9.17) is 47.4 Å². The highest BCUT2D eigenvalue weighted by Gasteiger charge is 2.34. The molecule has 1 amide bonds. The number of hydrogen-bond donors (Lipinski definition) is 1. The maximum absolute atomic E-state index is 13.9. The third-order valence-electron chi connectivity index (χ3n) is 7.06. The highest BCUT2D eigenvalue weighted by molar-refractivity contribution is 6.39. The van der Waals surface area contributed by atoms with Crippen LogP contribution in [0.4, 0.5) is 11.5 Å². The van der Waals surface area contributed by atoms with Crippen LogP contribution in [0.1, 0.15) is 53.5 Å². The molecule has 1 aliphatic rings. The van der Waals surface area contributed by atoms with Gasteiger partial charge in [-0.3, -0.25) is 9.59 Å². The Balaban J connectivity index is 1.50. The molecule has 0 atom stereocenters. The van der Waals surface area contributed by atoms with Gasteiger partial charge in [-0.25, -0.2) is 9.97 Å². The van der Waals surface area contributed by atoms with Crippen molar-refractivity contribution in [3.05, 3.63) is 92.6 Å². The molecule has 1 aliphatic heterocycles. The number of benzene rings is 3. The second-order valence-corrected chi connectivity index (χ2v) is 12.4. The van der Waals surface area contributed by atoms with Gasteiger partial charge < -0.3 is 24.4 Å². The fourth-order valence-electron chi connectivity index (χ4n) is 5.01. The molecule has 46 heavy (non-hydrogen) atoms. The Morgan fingerprint density at radius 1 is 1.00 bits per heavy atom. The van der Waals surface area contributed by atoms with E-state index in [0.717, 1.165) is 11.1 Å². The molecule has 0 saturated carbocycles. The van der Waals surface area contributed by atoms with Crippen molar-refractivity contribution < 1.29 is 23.8 Å².